The maximum absolute atomic E-state index is 12.1. The first-order valence-electron chi connectivity index (χ1n) is 22.3. The summed E-state index contributed by atoms with van der Waals surface area (Å²) >= 11 is 0.0736. The third-order valence-electron chi connectivity index (χ3n) is 9.68. The second-order valence-electron chi connectivity index (χ2n) is 14.9. The minimum atomic E-state index is -1.36. The van der Waals surface area contributed by atoms with Crippen molar-refractivity contribution in [3.05, 3.63) is 70.8 Å². The summed E-state index contributed by atoms with van der Waals surface area (Å²) in [6.07, 6.45) is 26.6. The van der Waals surface area contributed by atoms with Gasteiger partial charge in [-0.15, -0.1) is 0 Å². The van der Waals surface area contributed by atoms with Crippen LogP contribution in [0.15, 0.2) is 48.5 Å². The van der Waals surface area contributed by atoms with Crippen LogP contribution in [0.5, 0.6) is 0 Å². The number of hydrogen-bond donors (Lipinski definition) is 0. The molecule has 0 amide bonds. The van der Waals surface area contributed by atoms with Gasteiger partial charge in [0.2, 0.25) is 0 Å². The summed E-state index contributed by atoms with van der Waals surface area (Å²) < 4.78 is 14.2. The molecule has 0 radical (unpaired) electrons. The number of rotatable bonds is 30. The molecule has 2 aromatic rings. The monoisotopic (exact) mass is 900 g/mol. The van der Waals surface area contributed by atoms with Crippen molar-refractivity contribution < 1.29 is 38.9 Å². The topological polar surface area (TPSA) is 133 Å². The van der Waals surface area contributed by atoms with Crippen molar-refractivity contribution in [3.8, 4) is 0 Å². The molecule has 9 heteroatoms. The van der Waals surface area contributed by atoms with Gasteiger partial charge in [-0.3, -0.25) is 0 Å². The number of aromatic carboxylic acids is 2. The molecule has 0 spiro atoms. The van der Waals surface area contributed by atoms with Crippen molar-refractivity contribution in [1.82, 2.24) is 0 Å². The maximum atomic E-state index is 12.1. The zero-order valence-electron chi connectivity index (χ0n) is 36.5. The van der Waals surface area contributed by atoms with E-state index in [1.807, 2.05) is 13.8 Å². The van der Waals surface area contributed by atoms with Crippen LogP contribution < -0.4 is 10.2 Å². The van der Waals surface area contributed by atoms with Crippen molar-refractivity contribution in [3.63, 3.8) is 0 Å². The molecule has 0 heterocycles. The molecule has 0 aliphatic carbocycles. The normalized spacial score (nSPS) is 11.5. The Kier molecular flexibility index (Phi) is 35.5. The number of benzene rings is 2. The van der Waals surface area contributed by atoms with Crippen LogP contribution in [0.3, 0.4) is 0 Å². The Balaban J connectivity index is 0.000000829. The summed E-state index contributed by atoms with van der Waals surface area (Å²) in [5, 5.41) is 22.0. The molecule has 2 atom stereocenters. The summed E-state index contributed by atoms with van der Waals surface area (Å²) in [6, 6.07) is 12.0. The van der Waals surface area contributed by atoms with Gasteiger partial charge in [0.1, 0.15) is 12.2 Å². The number of carboxylic acids is 2. The summed E-state index contributed by atoms with van der Waals surface area (Å²) in [5.74, 6) is -3.89. The Morgan fingerprint density at radius 2 is 0.754 bits per heavy atom. The molecule has 0 aliphatic rings. The summed E-state index contributed by atoms with van der Waals surface area (Å²) in [4.78, 5) is 46.2. The number of carboxylic acid groups (broad SMARTS) is 2. The van der Waals surface area contributed by atoms with Gasteiger partial charge in [-0.2, -0.15) is 0 Å². The molecule has 0 saturated carbocycles. The van der Waals surface area contributed by atoms with E-state index < -0.39 is 23.9 Å². The van der Waals surface area contributed by atoms with Gasteiger partial charge < -0.3 is 29.3 Å². The first-order valence-corrected chi connectivity index (χ1v) is 26.4. The number of carbonyl (C=O) groups is 4. The van der Waals surface area contributed by atoms with Gasteiger partial charge in [0, 0.05) is 11.1 Å². The number of unbranched alkanes of at least 4 members (excludes halogenated alkanes) is 12. The van der Waals surface area contributed by atoms with Gasteiger partial charge in [0.15, 0.2) is 0 Å². The van der Waals surface area contributed by atoms with Crippen LogP contribution >= 0.6 is 0 Å². The second-order valence-corrected chi connectivity index (χ2v) is 19.1. The van der Waals surface area contributed by atoms with E-state index in [2.05, 4.69) is 27.7 Å². The number of ether oxygens (including phenoxy) is 2. The summed E-state index contributed by atoms with van der Waals surface area (Å²) in [6.45, 7) is 12.8. The predicted octanol–water partition coefficient (Wildman–Crippen LogP) is 11.4. The molecular weight excluding hydrogens is 823 g/mol. The Labute approximate surface area is 356 Å². The predicted molar refractivity (Wildman–Crippen MR) is 231 cm³/mol. The fourth-order valence-corrected chi connectivity index (χ4v) is 9.89. The fraction of sp³-hybridized carbons (Fsp3) is 0.667. The van der Waals surface area contributed by atoms with Crippen LogP contribution in [0, 0.1) is 0 Å². The van der Waals surface area contributed by atoms with E-state index in [1.54, 1.807) is 46.0 Å². The Hall–Kier alpha value is -2.88. The van der Waals surface area contributed by atoms with Crippen LogP contribution in [0.1, 0.15) is 224 Å². The third-order valence-corrected chi connectivity index (χ3v) is 13.7. The van der Waals surface area contributed by atoms with Crippen molar-refractivity contribution in [2.45, 2.75) is 204 Å². The first kappa shape index (κ1) is 54.1. The van der Waals surface area contributed by atoms with E-state index in [0.717, 1.165) is 64.2 Å². The van der Waals surface area contributed by atoms with Crippen molar-refractivity contribution >= 4 is 45.0 Å². The molecule has 8 nitrogen and oxygen atoms in total. The quantitative estimate of drug-likeness (QED) is 0.0430. The van der Waals surface area contributed by atoms with Crippen LogP contribution in [-0.4, -0.2) is 57.2 Å². The standard InChI is InChI=1S/2C16H22O4.2C8H17.Sn/c2*1-3-5-9-12(8-4-2)20-16(19)14-11-7-6-10-13(14)15(17)18;2*1-3-5-7-8-6-4-2;/h2*6-7,10-12H,3-5,8-9H2,1-2H3,(H,17,18);2*1,3-8H2,2H3;/q;;;;+2/p-2. The Morgan fingerprint density at radius 3 is 1.07 bits per heavy atom. The molecule has 0 aromatic heterocycles. The van der Waals surface area contributed by atoms with Gasteiger partial charge in [-0.1, -0.05) is 103 Å². The van der Waals surface area contributed by atoms with E-state index in [0.29, 0.717) is 0 Å². The SMILES string of the molecule is CCCCC(CCC)OC(=O)c1ccccc1C(=O)[O-].CCCCC(CCC)OC(=O)c1ccccc1C(=O)[O-].CCCCCCC[CH2][Sn+2][CH2]CCCCCCC. The van der Waals surface area contributed by atoms with E-state index in [4.69, 9.17) is 9.47 Å². The summed E-state index contributed by atoms with van der Waals surface area (Å²) in [5.41, 5.74) is -0.123. The van der Waals surface area contributed by atoms with E-state index in [1.165, 1.54) is 88.5 Å². The molecule has 0 fully saturated rings. The van der Waals surface area contributed by atoms with Gasteiger partial charge in [-0.25, -0.2) is 9.59 Å². The molecular formula is C48H76O8Sn. The molecule has 2 unspecified atom stereocenters. The van der Waals surface area contributed by atoms with E-state index >= 15 is 0 Å². The third kappa shape index (κ3) is 27.4. The second kappa shape index (κ2) is 37.4. The molecule has 0 aliphatic heterocycles. The summed E-state index contributed by atoms with van der Waals surface area (Å²) in [7, 11) is 0. The molecule has 2 aromatic carbocycles. The van der Waals surface area contributed by atoms with Crippen molar-refractivity contribution in [2.24, 2.45) is 0 Å². The Bertz CT molecular complexity index is 1230. The molecule has 57 heavy (non-hydrogen) atoms. The van der Waals surface area contributed by atoms with Crippen LogP contribution in [-0.2, 0) is 9.47 Å². The van der Waals surface area contributed by atoms with Crippen molar-refractivity contribution in [2.75, 3.05) is 0 Å². The van der Waals surface area contributed by atoms with Gasteiger partial charge in [0.05, 0.1) is 23.1 Å². The number of esters is 2. The van der Waals surface area contributed by atoms with Crippen molar-refractivity contribution in [1.29, 1.82) is 0 Å². The average Bonchev–Trinajstić information content (AvgIpc) is 3.21. The zero-order valence-corrected chi connectivity index (χ0v) is 39.4. The Morgan fingerprint density at radius 1 is 0.439 bits per heavy atom. The van der Waals surface area contributed by atoms with E-state index in [-0.39, 0.29) is 55.6 Å². The molecule has 320 valence electrons. The van der Waals surface area contributed by atoms with Crippen LogP contribution in [0.4, 0.5) is 0 Å². The van der Waals surface area contributed by atoms with Gasteiger partial charge in [-0.05, 0) is 37.8 Å². The number of hydrogen-bond acceptors (Lipinski definition) is 8. The molecule has 0 saturated heterocycles. The fourth-order valence-electron chi connectivity index (χ4n) is 6.33. The van der Waals surface area contributed by atoms with Crippen LogP contribution in [0.25, 0.3) is 0 Å². The number of carbonyl (C=O) groups excluding carboxylic acids is 4. The van der Waals surface area contributed by atoms with E-state index in [9.17, 15) is 29.4 Å². The molecule has 2 rings (SSSR count). The molecule has 0 bridgehead atoms. The zero-order chi connectivity index (χ0) is 42.5. The average molecular weight is 900 g/mol. The van der Waals surface area contributed by atoms with Gasteiger partial charge in [0.25, 0.3) is 0 Å². The minimum absolute atomic E-state index is 0.0603. The molecule has 0 N–H and O–H groups in total. The first-order chi connectivity index (χ1) is 27.6. The van der Waals surface area contributed by atoms with Crippen LogP contribution in [0.2, 0.25) is 8.87 Å². The van der Waals surface area contributed by atoms with Gasteiger partial charge >= 0.3 is 133 Å².